The van der Waals surface area contributed by atoms with E-state index in [0.29, 0.717) is 30.8 Å². The second-order valence-electron chi connectivity index (χ2n) is 10.9. The first-order valence-electron chi connectivity index (χ1n) is 12.1. The molecule has 0 radical (unpaired) electrons. The third kappa shape index (κ3) is 3.62. The number of carbonyl (C=O) groups is 2. The summed E-state index contributed by atoms with van der Waals surface area (Å²) in [6, 6.07) is 0. The molecule has 31 heavy (non-hydrogen) atoms. The Balaban J connectivity index is 1.60. The topological polar surface area (TPSA) is 63.6 Å². The van der Waals surface area contributed by atoms with E-state index >= 15 is 0 Å². The molecule has 0 heterocycles. The summed E-state index contributed by atoms with van der Waals surface area (Å²) >= 11 is 6.99. The van der Waals surface area contributed by atoms with E-state index < -0.39 is 6.10 Å². The quantitative estimate of drug-likeness (QED) is 0.370. The molecule has 3 saturated carbocycles. The molecule has 0 spiro atoms. The lowest BCUT2D eigenvalue weighted by molar-refractivity contribution is -0.137. The van der Waals surface area contributed by atoms with Crippen molar-refractivity contribution in [1.29, 1.82) is 0 Å². The van der Waals surface area contributed by atoms with Crippen LogP contribution in [0.4, 0.5) is 0 Å². The highest BCUT2D eigenvalue weighted by Crippen LogP contribution is 2.68. The summed E-state index contributed by atoms with van der Waals surface area (Å²) in [5, 5.41) is 10.8. The molecular formula is C26H37ClO4. The van der Waals surface area contributed by atoms with Gasteiger partial charge in [0.15, 0.2) is 5.78 Å². The van der Waals surface area contributed by atoms with Crippen molar-refractivity contribution in [3.05, 3.63) is 23.8 Å². The number of aliphatic hydroxyl groups is 1. The van der Waals surface area contributed by atoms with Crippen molar-refractivity contribution < 1.29 is 19.4 Å². The number of allylic oxidation sites excluding steroid dienone is 1. The molecule has 4 unspecified atom stereocenters. The second kappa shape index (κ2) is 8.33. The van der Waals surface area contributed by atoms with E-state index in [4.69, 9.17) is 16.3 Å². The fourth-order valence-corrected chi connectivity index (χ4v) is 8.47. The maximum Gasteiger partial charge on any atom is 0.330 e. The van der Waals surface area contributed by atoms with Crippen LogP contribution in [0.1, 0.15) is 66.2 Å². The number of hydrogen-bond donors (Lipinski definition) is 1. The van der Waals surface area contributed by atoms with Crippen molar-refractivity contribution in [3.63, 3.8) is 0 Å². The minimum Gasteiger partial charge on any atom is -0.463 e. The van der Waals surface area contributed by atoms with Gasteiger partial charge >= 0.3 is 5.97 Å². The summed E-state index contributed by atoms with van der Waals surface area (Å²) in [7, 11) is 0. The zero-order chi connectivity index (χ0) is 22.6. The van der Waals surface area contributed by atoms with Crippen LogP contribution >= 0.6 is 11.6 Å². The highest BCUT2D eigenvalue weighted by Gasteiger charge is 2.63. The number of esters is 1. The molecule has 1 N–H and O–H groups in total. The Labute approximate surface area is 191 Å². The minimum atomic E-state index is -0.736. The SMILES string of the molecule is CCOC(=O)/C=C/[C@@H](C)[C@H]1CCC2C3C(Cl)[C@@H](O)C4=CC(=O)CC[C@]4(C)C3CC[C@@]21C. The number of aliphatic hydroxyl groups excluding tert-OH is 1. The van der Waals surface area contributed by atoms with Gasteiger partial charge in [0.25, 0.3) is 0 Å². The maximum atomic E-state index is 12.1. The van der Waals surface area contributed by atoms with Gasteiger partial charge in [0.1, 0.15) is 0 Å². The molecular weight excluding hydrogens is 412 g/mol. The molecule has 0 aromatic heterocycles. The van der Waals surface area contributed by atoms with Crippen LogP contribution in [0.25, 0.3) is 0 Å². The largest absolute Gasteiger partial charge is 0.463 e. The number of carbonyl (C=O) groups excluding carboxylic acids is 2. The minimum absolute atomic E-state index is 0.123. The summed E-state index contributed by atoms with van der Waals surface area (Å²) < 4.78 is 5.05. The third-order valence-corrected chi connectivity index (χ3v) is 10.1. The Bertz CT molecular complexity index is 803. The first-order valence-corrected chi connectivity index (χ1v) is 12.5. The van der Waals surface area contributed by atoms with E-state index in [1.165, 1.54) is 0 Å². The van der Waals surface area contributed by atoms with Gasteiger partial charge in [0.05, 0.1) is 18.1 Å². The Morgan fingerprint density at radius 2 is 2.03 bits per heavy atom. The fourth-order valence-electron chi connectivity index (χ4n) is 7.98. The number of alkyl halides is 1. The molecule has 0 bridgehead atoms. The molecule has 3 fully saturated rings. The van der Waals surface area contributed by atoms with Gasteiger partial charge in [-0.1, -0.05) is 26.8 Å². The predicted molar refractivity (Wildman–Crippen MR) is 122 cm³/mol. The van der Waals surface area contributed by atoms with Crippen molar-refractivity contribution in [2.24, 2.45) is 40.4 Å². The van der Waals surface area contributed by atoms with Gasteiger partial charge in [-0.25, -0.2) is 4.79 Å². The molecule has 4 aliphatic rings. The van der Waals surface area contributed by atoms with Crippen molar-refractivity contribution >= 4 is 23.4 Å². The Hall–Kier alpha value is -1.13. The fraction of sp³-hybridized carbons (Fsp3) is 0.769. The lowest BCUT2D eigenvalue weighted by Gasteiger charge is -2.60. The number of hydrogen-bond acceptors (Lipinski definition) is 4. The lowest BCUT2D eigenvalue weighted by atomic mass is 9.46. The van der Waals surface area contributed by atoms with E-state index in [1.807, 2.05) is 13.0 Å². The summed E-state index contributed by atoms with van der Waals surface area (Å²) in [5.41, 5.74) is 0.904. The summed E-state index contributed by atoms with van der Waals surface area (Å²) in [6.07, 6.45) is 10.4. The molecule has 172 valence electrons. The van der Waals surface area contributed by atoms with Crippen molar-refractivity contribution in [2.75, 3.05) is 6.61 Å². The summed E-state index contributed by atoms with van der Waals surface area (Å²) in [5.74, 6) is 1.77. The van der Waals surface area contributed by atoms with Crippen LogP contribution in [0.3, 0.4) is 0 Å². The van der Waals surface area contributed by atoms with Gasteiger partial charge in [0, 0.05) is 12.5 Å². The summed E-state index contributed by atoms with van der Waals surface area (Å²) in [6.45, 7) is 9.09. The number of ether oxygens (including phenoxy) is 1. The van der Waals surface area contributed by atoms with Gasteiger partial charge < -0.3 is 9.84 Å². The Morgan fingerprint density at radius 3 is 2.74 bits per heavy atom. The van der Waals surface area contributed by atoms with E-state index in [9.17, 15) is 14.7 Å². The highest BCUT2D eigenvalue weighted by molar-refractivity contribution is 6.21. The molecule has 4 rings (SSSR count). The van der Waals surface area contributed by atoms with Crippen LogP contribution in [0.2, 0.25) is 0 Å². The average molecular weight is 449 g/mol. The molecule has 5 heteroatoms. The molecule has 0 amide bonds. The van der Waals surface area contributed by atoms with E-state index in [2.05, 4.69) is 20.8 Å². The second-order valence-corrected chi connectivity index (χ2v) is 11.4. The first-order chi connectivity index (χ1) is 14.6. The molecule has 0 aliphatic heterocycles. The van der Waals surface area contributed by atoms with Crippen LogP contribution in [-0.4, -0.2) is 34.9 Å². The van der Waals surface area contributed by atoms with Gasteiger partial charge in [-0.2, -0.15) is 0 Å². The van der Waals surface area contributed by atoms with Crippen LogP contribution < -0.4 is 0 Å². The number of fused-ring (bicyclic) bond motifs is 5. The van der Waals surface area contributed by atoms with Gasteiger partial charge in [-0.15, -0.1) is 11.6 Å². The smallest absolute Gasteiger partial charge is 0.330 e. The lowest BCUT2D eigenvalue weighted by Crippen LogP contribution is -2.59. The van der Waals surface area contributed by atoms with E-state index in [1.54, 1.807) is 12.2 Å². The third-order valence-electron chi connectivity index (χ3n) is 9.54. The average Bonchev–Trinajstić information content (AvgIpc) is 3.08. The van der Waals surface area contributed by atoms with Gasteiger partial charge in [0.2, 0.25) is 0 Å². The standard InChI is InChI=1S/C26H37ClO4/c1-5-31-21(29)9-6-15(2)17-7-8-18-22-19(11-13-25(17,18)3)26(4)12-10-16(28)14-20(26)24(30)23(22)27/h6,9,14-15,17-19,22-24,30H,5,7-8,10-13H2,1-4H3/b9-6+/t15-,17-,18?,19?,22?,23?,24+,25-,26-/m1/s1. The van der Waals surface area contributed by atoms with Crippen LogP contribution in [-0.2, 0) is 14.3 Å². The normalized spacial score (nSPS) is 45.5. The molecule has 0 saturated heterocycles. The molecule has 4 aliphatic carbocycles. The molecule has 0 aromatic carbocycles. The van der Waals surface area contributed by atoms with Crippen LogP contribution in [0, 0.1) is 40.4 Å². The zero-order valence-electron chi connectivity index (χ0n) is 19.3. The van der Waals surface area contributed by atoms with Gasteiger partial charge in [-0.3, -0.25) is 4.79 Å². The van der Waals surface area contributed by atoms with Crippen molar-refractivity contribution in [3.8, 4) is 0 Å². The molecule has 4 nitrogen and oxygen atoms in total. The van der Waals surface area contributed by atoms with E-state index in [-0.39, 0.29) is 39.8 Å². The monoisotopic (exact) mass is 448 g/mol. The summed E-state index contributed by atoms with van der Waals surface area (Å²) in [4.78, 5) is 23.9. The van der Waals surface area contributed by atoms with Gasteiger partial charge in [-0.05, 0) is 91.1 Å². The molecule has 0 aromatic rings. The maximum absolute atomic E-state index is 12.1. The number of ketones is 1. The zero-order valence-corrected chi connectivity index (χ0v) is 20.0. The van der Waals surface area contributed by atoms with Crippen LogP contribution in [0.5, 0.6) is 0 Å². The number of halogens is 1. The Morgan fingerprint density at radius 1 is 1.29 bits per heavy atom. The first kappa shape index (κ1) is 23.0. The van der Waals surface area contributed by atoms with Crippen LogP contribution in [0.15, 0.2) is 23.8 Å². The van der Waals surface area contributed by atoms with Crippen molar-refractivity contribution in [1.82, 2.24) is 0 Å². The van der Waals surface area contributed by atoms with Crippen molar-refractivity contribution in [2.45, 2.75) is 77.7 Å². The predicted octanol–water partition coefficient (Wildman–Crippen LogP) is 5.08. The number of rotatable bonds is 4. The Kier molecular flexibility index (Phi) is 6.20. The molecule has 9 atom stereocenters. The highest BCUT2D eigenvalue weighted by atomic mass is 35.5. The van der Waals surface area contributed by atoms with E-state index in [0.717, 1.165) is 37.7 Å².